The number of fused-ring (bicyclic) bond motifs is 1. The van der Waals surface area contributed by atoms with E-state index in [-0.39, 0.29) is 23.1 Å². The predicted octanol–water partition coefficient (Wildman–Crippen LogP) is 3.17. The van der Waals surface area contributed by atoms with Gasteiger partial charge in [0.15, 0.2) is 11.3 Å². The Balaban J connectivity index is 1.12. The highest BCUT2D eigenvalue weighted by molar-refractivity contribution is 5.94. The number of carbonyl (C=O) groups is 2. The summed E-state index contributed by atoms with van der Waals surface area (Å²) in [4.78, 5) is 30.8. The van der Waals surface area contributed by atoms with Gasteiger partial charge in [-0.25, -0.2) is 14.3 Å². The van der Waals surface area contributed by atoms with Gasteiger partial charge in [-0.15, -0.1) is 0 Å². The molecule has 0 atom stereocenters. The number of nitrogens with zero attached hydrogens (tertiary/aromatic N) is 4. The third-order valence-corrected chi connectivity index (χ3v) is 5.98. The first kappa shape index (κ1) is 20.3. The van der Waals surface area contributed by atoms with E-state index in [2.05, 4.69) is 20.7 Å². The number of alkyl halides is 3. The maximum atomic E-state index is 12.8. The molecule has 2 aliphatic rings. The van der Waals surface area contributed by atoms with Crippen LogP contribution in [-0.2, 0) is 6.18 Å². The van der Waals surface area contributed by atoms with Crippen molar-refractivity contribution in [3.8, 4) is 0 Å². The number of nitrogens with one attached hydrogen (secondary N) is 2. The van der Waals surface area contributed by atoms with Crippen LogP contribution in [0, 0.1) is 5.41 Å². The molecule has 2 aromatic heterocycles. The molecule has 3 amide bonds. The highest BCUT2D eigenvalue weighted by Gasteiger charge is 2.54. The van der Waals surface area contributed by atoms with Crippen LogP contribution in [0.25, 0.3) is 5.65 Å². The molecular formula is C21H19F3N6O2. The van der Waals surface area contributed by atoms with E-state index in [0.29, 0.717) is 37.3 Å². The van der Waals surface area contributed by atoms with Gasteiger partial charge >= 0.3 is 12.2 Å². The van der Waals surface area contributed by atoms with Gasteiger partial charge in [0.25, 0.3) is 5.91 Å². The maximum absolute atomic E-state index is 12.8. The molecule has 166 valence electrons. The molecule has 3 aromatic rings. The van der Waals surface area contributed by atoms with Crippen LogP contribution in [0.2, 0.25) is 0 Å². The molecule has 0 radical (unpaired) electrons. The van der Waals surface area contributed by atoms with Crippen LogP contribution in [0.5, 0.6) is 0 Å². The van der Waals surface area contributed by atoms with E-state index in [0.717, 1.165) is 12.1 Å². The molecule has 1 spiro atoms. The molecule has 2 N–H and O–H groups in total. The Kier molecular flexibility index (Phi) is 4.57. The smallest absolute Gasteiger partial charge is 0.336 e. The van der Waals surface area contributed by atoms with Gasteiger partial charge in [-0.2, -0.15) is 18.3 Å². The fourth-order valence-corrected chi connectivity index (χ4v) is 4.52. The average molecular weight is 444 g/mol. The molecule has 1 saturated carbocycles. The van der Waals surface area contributed by atoms with Crippen LogP contribution in [0.3, 0.4) is 0 Å². The van der Waals surface area contributed by atoms with Crippen LogP contribution >= 0.6 is 0 Å². The van der Waals surface area contributed by atoms with Crippen molar-refractivity contribution in [2.24, 2.45) is 5.41 Å². The summed E-state index contributed by atoms with van der Waals surface area (Å²) in [6.07, 6.45) is 0.0479. The lowest BCUT2D eigenvalue weighted by Crippen LogP contribution is -2.67. The van der Waals surface area contributed by atoms with Gasteiger partial charge in [0.1, 0.15) is 0 Å². The van der Waals surface area contributed by atoms with Crippen LogP contribution in [0.4, 0.5) is 23.7 Å². The maximum Gasteiger partial charge on any atom is 0.416 e. The Morgan fingerprint density at radius 2 is 1.91 bits per heavy atom. The zero-order valence-electron chi connectivity index (χ0n) is 16.8. The van der Waals surface area contributed by atoms with E-state index in [1.165, 1.54) is 22.8 Å². The predicted molar refractivity (Wildman–Crippen MR) is 108 cm³/mol. The molecule has 0 bridgehead atoms. The Hall–Kier alpha value is -3.63. The van der Waals surface area contributed by atoms with Crippen molar-refractivity contribution >= 4 is 23.3 Å². The normalized spacial score (nSPS) is 17.7. The number of likely N-dealkylation sites (tertiary alicyclic amines) is 1. The van der Waals surface area contributed by atoms with Crippen molar-refractivity contribution in [3.63, 3.8) is 0 Å². The first-order valence-electron chi connectivity index (χ1n) is 10.1. The summed E-state index contributed by atoms with van der Waals surface area (Å²) in [5, 5.41) is 9.39. The van der Waals surface area contributed by atoms with Crippen molar-refractivity contribution in [3.05, 3.63) is 60.0 Å². The minimum absolute atomic E-state index is 0.0300. The van der Waals surface area contributed by atoms with E-state index >= 15 is 0 Å². The third kappa shape index (κ3) is 3.63. The summed E-state index contributed by atoms with van der Waals surface area (Å²) in [6.45, 7) is 1.17. The Bertz CT molecular complexity index is 1190. The fraction of sp³-hybridized carbons (Fsp3) is 0.333. The Morgan fingerprint density at radius 1 is 1.12 bits per heavy atom. The van der Waals surface area contributed by atoms with Crippen molar-refractivity contribution < 1.29 is 22.8 Å². The van der Waals surface area contributed by atoms with Crippen molar-refractivity contribution in [2.75, 3.05) is 18.4 Å². The minimum Gasteiger partial charge on any atom is -0.336 e. The molecule has 8 nitrogen and oxygen atoms in total. The molecule has 32 heavy (non-hydrogen) atoms. The topological polar surface area (TPSA) is 91.6 Å². The quantitative estimate of drug-likeness (QED) is 0.649. The Morgan fingerprint density at radius 3 is 2.66 bits per heavy atom. The van der Waals surface area contributed by atoms with E-state index in [4.69, 9.17) is 0 Å². The molecule has 2 fully saturated rings. The van der Waals surface area contributed by atoms with E-state index in [1.807, 2.05) is 0 Å². The van der Waals surface area contributed by atoms with Gasteiger partial charge in [0.05, 0.1) is 11.8 Å². The monoisotopic (exact) mass is 444 g/mol. The molecular weight excluding hydrogens is 425 g/mol. The molecule has 1 aromatic carbocycles. The van der Waals surface area contributed by atoms with Gasteiger partial charge in [0, 0.05) is 36.4 Å². The number of urea groups is 1. The number of hydrogen-bond donors (Lipinski definition) is 2. The second kappa shape index (κ2) is 7.21. The summed E-state index contributed by atoms with van der Waals surface area (Å²) in [5.74, 6) is -0.138. The number of hydrogen-bond acceptors (Lipinski definition) is 4. The SMILES string of the molecule is O=C(Nc1cccc(C(F)(F)F)c1)NC1CC2(C1)CN(C(=O)c1cnc3cccnn13)C2. The van der Waals surface area contributed by atoms with Crippen LogP contribution < -0.4 is 10.6 Å². The van der Waals surface area contributed by atoms with Gasteiger partial charge in [-0.3, -0.25) is 4.79 Å². The fourth-order valence-electron chi connectivity index (χ4n) is 4.52. The molecule has 1 aliphatic heterocycles. The van der Waals surface area contributed by atoms with E-state index in [9.17, 15) is 22.8 Å². The second-order valence-electron chi connectivity index (χ2n) is 8.38. The third-order valence-electron chi connectivity index (χ3n) is 5.98. The standard InChI is InChI=1S/C21H19F3N6O2/c22-21(23,24)13-3-1-4-14(7-13)27-19(32)28-15-8-20(9-15)11-29(12-20)18(31)16-10-25-17-5-2-6-26-30(16)17/h1-7,10,15H,8-9,11-12H2,(H2,27,28,32). The zero-order chi connectivity index (χ0) is 22.5. The second-order valence-corrected chi connectivity index (χ2v) is 8.38. The summed E-state index contributed by atoms with van der Waals surface area (Å²) in [5.41, 5.74) is 0.236. The number of rotatable bonds is 3. The largest absolute Gasteiger partial charge is 0.416 e. The Labute approximate surface area is 180 Å². The number of halogens is 3. The number of amides is 3. The van der Waals surface area contributed by atoms with Gasteiger partial charge in [-0.1, -0.05) is 6.07 Å². The lowest BCUT2D eigenvalue weighted by Gasteiger charge is -2.58. The molecule has 0 unspecified atom stereocenters. The highest BCUT2D eigenvalue weighted by Crippen LogP contribution is 2.48. The van der Waals surface area contributed by atoms with Crippen LogP contribution in [0.15, 0.2) is 48.8 Å². The van der Waals surface area contributed by atoms with E-state index in [1.54, 1.807) is 23.2 Å². The average Bonchev–Trinajstić information content (AvgIpc) is 3.12. The first-order valence-corrected chi connectivity index (χ1v) is 10.1. The molecule has 11 heteroatoms. The molecule has 5 rings (SSSR count). The highest BCUT2D eigenvalue weighted by atomic mass is 19.4. The van der Waals surface area contributed by atoms with Crippen LogP contribution in [0.1, 0.15) is 28.9 Å². The summed E-state index contributed by atoms with van der Waals surface area (Å²) in [6, 6.07) is 7.38. The zero-order valence-corrected chi connectivity index (χ0v) is 16.8. The van der Waals surface area contributed by atoms with Crippen molar-refractivity contribution in [1.29, 1.82) is 0 Å². The summed E-state index contributed by atoms with van der Waals surface area (Å²) >= 11 is 0. The van der Waals surface area contributed by atoms with Gasteiger partial charge in [-0.05, 0) is 43.2 Å². The van der Waals surface area contributed by atoms with E-state index < -0.39 is 17.8 Å². The molecule has 1 aliphatic carbocycles. The first-order chi connectivity index (χ1) is 15.2. The lowest BCUT2D eigenvalue weighted by molar-refractivity contribution is -0.137. The van der Waals surface area contributed by atoms with Crippen molar-refractivity contribution in [2.45, 2.75) is 25.1 Å². The number of imidazole rings is 1. The lowest BCUT2D eigenvalue weighted by atomic mass is 9.60. The van der Waals surface area contributed by atoms with Gasteiger partial charge in [0.2, 0.25) is 0 Å². The number of anilines is 1. The number of carbonyl (C=O) groups excluding carboxylic acids is 2. The minimum atomic E-state index is -4.47. The van der Waals surface area contributed by atoms with Gasteiger partial charge < -0.3 is 15.5 Å². The summed E-state index contributed by atoms with van der Waals surface area (Å²) < 4.78 is 39.9. The molecule has 3 heterocycles. The summed E-state index contributed by atoms with van der Waals surface area (Å²) in [7, 11) is 0. The van der Waals surface area contributed by atoms with Crippen LogP contribution in [-0.4, -0.2) is 50.6 Å². The van der Waals surface area contributed by atoms with Crippen molar-refractivity contribution in [1.82, 2.24) is 24.8 Å². The number of benzene rings is 1. The number of aromatic nitrogens is 3. The molecule has 1 saturated heterocycles.